The number of benzene rings is 1. The fourth-order valence-electron chi connectivity index (χ4n) is 2.99. The minimum Gasteiger partial charge on any atom is -0.480 e. The molecule has 0 spiro atoms. The van der Waals surface area contributed by atoms with Crippen molar-refractivity contribution in [2.45, 2.75) is 31.1 Å². The van der Waals surface area contributed by atoms with Gasteiger partial charge in [-0.15, -0.1) is 0 Å². The zero-order valence-corrected chi connectivity index (χ0v) is 12.7. The molecule has 1 N–H and O–H groups in total. The van der Waals surface area contributed by atoms with Crippen molar-refractivity contribution in [2.24, 2.45) is 0 Å². The largest absolute Gasteiger partial charge is 0.480 e. The van der Waals surface area contributed by atoms with Crippen molar-refractivity contribution in [3.05, 3.63) is 28.8 Å². The number of carbonyl (C=O) groups excluding carboxylic acids is 1. The minimum absolute atomic E-state index is 0.261. The first-order valence-electron chi connectivity index (χ1n) is 7.00. The summed E-state index contributed by atoms with van der Waals surface area (Å²) in [5.41, 5.74) is 0.861. The van der Waals surface area contributed by atoms with E-state index in [9.17, 15) is 14.7 Å². The van der Waals surface area contributed by atoms with E-state index in [1.54, 1.807) is 18.2 Å². The molecule has 3 rings (SSSR count). The van der Waals surface area contributed by atoms with E-state index in [1.165, 1.54) is 12.0 Å². The van der Waals surface area contributed by atoms with Gasteiger partial charge in [0, 0.05) is 31.5 Å². The molecule has 0 bridgehead atoms. The molecule has 2 aliphatic rings. The number of fused-ring (bicyclic) bond motifs is 1. The number of halogens is 1. The van der Waals surface area contributed by atoms with Gasteiger partial charge in [0.1, 0.15) is 11.8 Å². The highest BCUT2D eigenvalue weighted by Crippen LogP contribution is 2.33. The monoisotopic (exact) mass is 325 g/mol. The Bertz CT molecular complexity index is 620. The third-order valence-corrected chi connectivity index (χ3v) is 4.37. The molecular weight excluding hydrogens is 310 g/mol. The molecule has 0 aromatic heterocycles. The van der Waals surface area contributed by atoms with Crippen LogP contribution >= 0.6 is 11.6 Å². The Kier molecular flexibility index (Phi) is 3.97. The van der Waals surface area contributed by atoms with Gasteiger partial charge in [0.25, 0.3) is 5.91 Å². The topological polar surface area (TPSA) is 76.1 Å². The average molecular weight is 326 g/mol. The van der Waals surface area contributed by atoms with E-state index in [-0.39, 0.29) is 18.6 Å². The summed E-state index contributed by atoms with van der Waals surface area (Å²) in [6.45, 7) is 0.267. The van der Waals surface area contributed by atoms with Crippen molar-refractivity contribution < 1.29 is 24.2 Å². The number of ether oxygens (including phenoxy) is 2. The van der Waals surface area contributed by atoms with E-state index in [0.29, 0.717) is 23.6 Å². The Labute approximate surface area is 132 Å². The lowest BCUT2D eigenvalue weighted by Gasteiger charge is -2.24. The number of amides is 1. The number of rotatable bonds is 3. The molecule has 2 heterocycles. The zero-order chi connectivity index (χ0) is 15.9. The van der Waals surface area contributed by atoms with E-state index >= 15 is 0 Å². The maximum atomic E-state index is 12.6. The number of likely N-dealkylation sites (tertiary alicyclic amines) is 1. The van der Waals surface area contributed by atoms with Crippen LogP contribution in [0.15, 0.2) is 18.2 Å². The Morgan fingerprint density at radius 2 is 2.23 bits per heavy atom. The number of aliphatic carboxylic acids is 1. The minimum atomic E-state index is -1.02. The summed E-state index contributed by atoms with van der Waals surface area (Å²) in [4.78, 5) is 25.3. The lowest BCUT2D eigenvalue weighted by atomic mass is 10.1. The van der Waals surface area contributed by atoms with E-state index in [4.69, 9.17) is 21.1 Å². The number of methoxy groups -OCH3 is 1. The summed E-state index contributed by atoms with van der Waals surface area (Å²) in [6.07, 6.45) is -0.271. The quantitative estimate of drug-likeness (QED) is 0.907. The molecule has 3 atom stereocenters. The van der Waals surface area contributed by atoms with Gasteiger partial charge >= 0.3 is 5.97 Å². The Balaban J connectivity index is 1.76. The lowest BCUT2D eigenvalue weighted by Crippen LogP contribution is -2.47. The van der Waals surface area contributed by atoms with Crippen LogP contribution in [-0.2, 0) is 20.7 Å². The molecule has 0 saturated carbocycles. The second kappa shape index (κ2) is 5.78. The molecular formula is C15H16ClNO5. The molecule has 1 fully saturated rings. The molecule has 1 saturated heterocycles. The fourth-order valence-corrected chi connectivity index (χ4v) is 3.18. The SMILES string of the molecule is COC1CC(C(=O)O)N(C(=O)C2Cc3cc(Cl)ccc3O2)C1. The van der Waals surface area contributed by atoms with Gasteiger partial charge in [-0.3, -0.25) is 4.79 Å². The van der Waals surface area contributed by atoms with Crippen molar-refractivity contribution >= 4 is 23.5 Å². The van der Waals surface area contributed by atoms with E-state index in [2.05, 4.69) is 0 Å². The number of hydrogen-bond acceptors (Lipinski definition) is 4. The average Bonchev–Trinajstić information content (AvgIpc) is 3.09. The van der Waals surface area contributed by atoms with Crippen molar-refractivity contribution in [3.63, 3.8) is 0 Å². The lowest BCUT2D eigenvalue weighted by molar-refractivity contribution is -0.150. The van der Waals surface area contributed by atoms with Crippen LogP contribution in [0.2, 0.25) is 5.02 Å². The standard InChI is InChI=1S/C15H16ClNO5/c1-21-10-6-11(15(19)20)17(7-10)14(18)13-5-8-4-9(16)2-3-12(8)22-13/h2-4,10-11,13H,5-7H2,1H3,(H,19,20). The van der Waals surface area contributed by atoms with Gasteiger partial charge in [0.05, 0.1) is 6.10 Å². The first-order chi connectivity index (χ1) is 10.5. The van der Waals surface area contributed by atoms with Crippen LogP contribution in [0.25, 0.3) is 0 Å². The number of carbonyl (C=O) groups is 2. The Hall–Kier alpha value is -1.79. The van der Waals surface area contributed by atoms with E-state index in [1.807, 2.05) is 0 Å². The van der Waals surface area contributed by atoms with Gasteiger partial charge in [-0.25, -0.2) is 4.79 Å². The van der Waals surface area contributed by atoms with Crippen LogP contribution in [0.5, 0.6) is 5.75 Å². The number of nitrogens with zero attached hydrogens (tertiary/aromatic N) is 1. The Morgan fingerprint density at radius 3 is 2.91 bits per heavy atom. The molecule has 6 nitrogen and oxygen atoms in total. The van der Waals surface area contributed by atoms with Crippen molar-refractivity contribution in [3.8, 4) is 5.75 Å². The predicted octanol–water partition coefficient (Wildman–Crippen LogP) is 1.34. The summed E-state index contributed by atoms with van der Waals surface area (Å²) < 4.78 is 10.8. The second-order valence-corrected chi connectivity index (χ2v) is 5.94. The zero-order valence-electron chi connectivity index (χ0n) is 12.0. The number of carboxylic acid groups (broad SMARTS) is 1. The summed E-state index contributed by atoms with van der Waals surface area (Å²) in [5.74, 6) is -0.720. The molecule has 0 aliphatic carbocycles. The molecule has 22 heavy (non-hydrogen) atoms. The highest BCUT2D eigenvalue weighted by Gasteiger charge is 2.43. The van der Waals surface area contributed by atoms with Crippen molar-refractivity contribution in [2.75, 3.05) is 13.7 Å². The van der Waals surface area contributed by atoms with Crippen LogP contribution in [0.1, 0.15) is 12.0 Å². The third-order valence-electron chi connectivity index (χ3n) is 4.14. The predicted molar refractivity (Wildman–Crippen MR) is 78.1 cm³/mol. The molecule has 1 aromatic rings. The Morgan fingerprint density at radius 1 is 1.45 bits per heavy atom. The van der Waals surface area contributed by atoms with Gasteiger partial charge < -0.3 is 19.5 Å². The highest BCUT2D eigenvalue weighted by atomic mass is 35.5. The second-order valence-electron chi connectivity index (χ2n) is 5.50. The van der Waals surface area contributed by atoms with Crippen LogP contribution < -0.4 is 4.74 Å². The van der Waals surface area contributed by atoms with Crippen molar-refractivity contribution in [1.29, 1.82) is 0 Å². The maximum absolute atomic E-state index is 12.6. The number of carboxylic acids is 1. The van der Waals surface area contributed by atoms with Gasteiger partial charge in [0.2, 0.25) is 0 Å². The first-order valence-corrected chi connectivity index (χ1v) is 7.38. The summed E-state index contributed by atoms with van der Waals surface area (Å²) >= 11 is 5.94. The van der Waals surface area contributed by atoms with E-state index in [0.717, 1.165) is 5.56 Å². The molecule has 118 valence electrons. The summed E-state index contributed by atoms with van der Waals surface area (Å²) in [5, 5.41) is 9.87. The third kappa shape index (κ3) is 2.64. The molecule has 1 aromatic carbocycles. The van der Waals surface area contributed by atoms with Crippen LogP contribution in [-0.4, -0.2) is 53.8 Å². The molecule has 2 aliphatic heterocycles. The van der Waals surface area contributed by atoms with E-state index < -0.39 is 18.1 Å². The first kappa shape index (κ1) is 15.1. The van der Waals surface area contributed by atoms with Gasteiger partial charge in [-0.05, 0) is 23.8 Å². The summed E-state index contributed by atoms with van der Waals surface area (Å²) in [7, 11) is 1.52. The fraction of sp³-hybridized carbons (Fsp3) is 0.467. The van der Waals surface area contributed by atoms with Crippen molar-refractivity contribution in [1.82, 2.24) is 4.90 Å². The maximum Gasteiger partial charge on any atom is 0.326 e. The highest BCUT2D eigenvalue weighted by molar-refractivity contribution is 6.30. The number of hydrogen-bond donors (Lipinski definition) is 1. The smallest absolute Gasteiger partial charge is 0.326 e. The van der Waals surface area contributed by atoms with Crippen LogP contribution in [0.4, 0.5) is 0 Å². The van der Waals surface area contributed by atoms with Gasteiger partial charge in [0.15, 0.2) is 6.10 Å². The molecule has 7 heteroatoms. The molecule has 1 amide bonds. The molecule has 0 radical (unpaired) electrons. The normalized spacial score (nSPS) is 26.6. The molecule has 3 unspecified atom stereocenters. The van der Waals surface area contributed by atoms with Crippen LogP contribution in [0, 0.1) is 0 Å². The van der Waals surface area contributed by atoms with Gasteiger partial charge in [-0.1, -0.05) is 11.6 Å². The van der Waals surface area contributed by atoms with Crippen LogP contribution in [0.3, 0.4) is 0 Å². The van der Waals surface area contributed by atoms with Gasteiger partial charge in [-0.2, -0.15) is 0 Å². The summed E-state index contributed by atoms with van der Waals surface area (Å²) in [6, 6.07) is 4.32.